The van der Waals surface area contributed by atoms with Crippen LogP contribution in [0.3, 0.4) is 0 Å². The standard InChI is InChI=1S/C26H30N4O2/c1-26(2,3)16-30(4)25(32)18-14-20-22(21(31)15-18)24(28-19-8-6-5-7-9-19)23(29-20)17-10-12-27-13-11-17/h5-13,18,28-29H,14-16H2,1-4H3. The van der Waals surface area contributed by atoms with Crippen LogP contribution in [0.2, 0.25) is 0 Å². The molecule has 2 heterocycles. The number of pyridine rings is 1. The lowest BCUT2D eigenvalue weighted by Gasteiger charge is -2.31. The van der Waals surface area contributed by atoms with Crippen LogP contribution in [-0.2, 0) is 11.2 Å². The number of ketones is 1. The van der Waals surface area contributed by atoms with Gasteiger partial charge in [0.15, 0.2) is 5.78 Å². The Morgan fingerprint density at radius 3 is 2.47 bits per heavy atom. The summed E-state index contributed by atoms with van der Waals surface area (Å²) >= 11 is 0. The molecule has 1 aliphatic carbocycles. The van der Waals surface area contributed by atoms with Crippen molar-refractivity contribution in [3.8, 4) is 11.3 Å². The lowest BCUT2D eigenvalue weighted by Crippen LogP contribution is -2.41. The maximum Gasteiger partial charge on any atom is 0.226 e. The molecule has 0 spiro atoms. The molecule has 1 aliphatic rings. The van der Waals surface area contributed by atoms with Crippen LogP contribution in [0.4, 0.5) is 11.4 Å². The number of hydrogen-bond acceptors (Lipinski definition) is 4. The molecule has 32 heavy (non-hydrogen) atoms. The molecule has 0 fully saturated rings. The Balaban J connectivity index is 1.70. The Bertz CT molecular complexity index is 1110. The third-order valence-corrected chi connectivity index (χ3v) is 5.69. The molecule has 0 aliphatic heterocycles. The number of rotatable bonds is 5. The second-order valence-corrected chi connectivity index (χ2v) is 9.74. The Hall–Kier alpha value is -3.41. The molecule has 1 amide bonds. The molecule has 166 valence electrons. The molecule has 2 aromatic heterocycles. The number of para-hydroxylation sites is 1. The summed E-state index contributed by atoms with van der Waals surface area (Å²) in [6, 6.07) is 13.6. The van der Waals surface area contributed by atoms with E-state index in [4.69, 9.17) is 0 Å². The zero-order chi connectivity index (χ0) is 22.9. The van der Waals surface area contributed by atoms with E-state index in [-0.39, 0.29) is 29.4 Å². The lowest BCUT2D eigenvalue weighted by atomic mass is 9.85. The number of nitrogens with one attached hydrogen (secondary N) is 2. The number of anilines is 2. The minimum absolute atomic E-state index is 0.00195. The molecular formula is C26H30N4O2. The van der Waals surface area contributed by atoms with Crippen molar-refractivity contribution in [2.24, 2.45) is 11.3 Å². The Labute approximate surface area is 189 Å². The largest absolute Gasteiger partial charge is 0.356 e. The van der Waals surface area contributed by atoms with Crippen molar-refractivity contribution in [1.82, 2.24) is 14.9 Å². The molecular weight excluding hydrogens is 400 g/mol. The third-order valence-electron chi connectivity index (χ3n) is 5.69. The number of H-pyrrole nitrogens is 1. The van der Waals surface area contributed by atoms with Gasteiger partial charge in [-0.15, -0.1) is 0 Å². The van der Waals surface area contributed by atoms with Gasteiger partial charge in [0.25, 0.3) is 0 Å². The zero-order valence-electron chi connectivity index (χ0n) is 19.1. The van der Waals surface area contributed by atoms with Crippen molar-refractivity contribution >= 4 is 23.1 Å². The Morgan fingerprint density at radius 2 is 1.81 bits per heavy atom. The third kappa shape index (κ3) is 4.59. The Kier molecular flexibility index (Phi) is 5.87. The smallest absolute Gasteiger partial charge is 0.226 e. The topological polar surface area (TPSA) is 78.1 Å². The average molecular weight is 431 g/mol. The maximum absolute atomic E-state index is 13.3. The van der Waals surface area contributed by atoms with Crippen LogP contribution >= 0.6 is 0 Å². The highest BCUT2D eigenvalue weighted by atomic mass is 16.2. The zero-order valence-corrected chi connectivity index (χ0v) is 19.1. The summed E-state index contributed by atoms with van der Waals surface area (Å²) in [6.07, 6.45) is 4.20. The molecule has 1 atom stereocenters. The normalized spacial score (nSPS) is 15.9. The molecule has 0 radical (unpaired) electrons. The highest BCUT2D eigenvalue weighted by Gasteiger charge is 2.36. The summed E-state index contributed by atoms with van der Waals surface area (Å²) in [6.45, 7) is 6.97. The summed E-state index contributed by atoms with van der Waals surface area (Å²) < 4.78 is 0. The number of benzene rings is 1. The first kappa shape index (κ1) is 21.8. The second-order valence-electron chi connectivity index (χ2n) is 9.74. The van der Waals surface area contributed by atoms with Gasteiger partial charge >= 0.3 is 0 Å². The average Bonchev–Trinajstić information content (AvgIpc) is 3.12. The number of fused-ring (bicyclic) bond motifs is 1. The highest BCUT2D eigenvalue weighted by Crippen LogP contribution is 2.40. The van der Waals surface area contributed by atoms with Crippen LogP contribution in [0.15, 0.2) is 54.9 Å². The quantitative estimate of drug-likeness (QED) is 0.592. The number of Topliss-reactive ketones (excluding diaryl/α,β-unsaturated/α-hetero) is 1. The summed E-state index contributed by atoms with van der Waals surface area (Å²) in [5, 5.41) is 3.44. The molecule has 0 saturated carbocycles. The van der Waals surface area contributed by atoms with Gasteiger partial charge in [0.1, 0.15) is 0 Å². The van der Waals surface area contributed by atoms with Gasteiger partial charge in [-0.2, -0.15) is 0 Å². The van der Waals surface area contributed by atoms with E-state index in [1.807, 2.05) is 49.5 Å². The van der Waals surface area contributed by atoms with E-state index in [1.165, 1.54) is 0 Å². The number of aromatic nitrogens is 2. The summed E-state index contributed by atoms with van der Waals surface area (Å²) in [7, 11) is 1.83. The van der Waals surface area contributed by atoms with Gasteiger partial charge in [0.05, 0.1) is 22.9 Å². The van der Waals surface area contributed by atoms with Crippen molar-refractivity contribution in [2.45, 2.75) is 33.6 Å². The molecule has 4 rings (SSSR count). The number of carbonyl (C=O) groups is 2. The molecule has 6 nitrogen and oxygen atoms in total. The first-order chi connectivity index (χ1) is 15.2. The monoisotopic (exact) mass is 430 g/mol. The molecule has 2 N–H and O–H groups in total. The minimum atomic E-state index is -0.351. The maximum atomic E-state index is 13.3. The van der Waals surface area contributed by atoms with E-state index < -0.39 is 0 Å². The van der Waals surface area contributed by atoms with Crippen molar-refractivity contribution in [2.75, 3.05) is 18.9 Å². The molecule has 1 aromatic carbocycles. The van der Waals surface area contributed by atoms with E-state index in [2.05, 4.69) is 36.1 Å². The van der Waals surface area contributed by atoms with Crippen LogP contribution in [0.5, 0.6) is 0 Å². The van der Waals surface area contributed by atoms with E-state index in [9.17, 15) is 9.59 Å². The van der Waals surface area contributed by atoms with Crippen LogP contribution in [0.25, 0.3) is 11.3 Å². The predicted molar refractivity (Wildman–Crippen MR) is 127 cm³/mol. The minimum Gasteiger partial charge on any atom is -0.356 e. The lowest BCUT2D eigenvalue weighted by molar-refractivity contribution is -0.135. The van der Waals surface area contributed by atoms with E-state index >= 15 is 0 Å². The first-order valence-corrected chi connectivity index (χ1v) is 11.0. The molecule has 0 bridgehead atoms. The second kappa shape index (κ2) is 8.61. The number of amides is 1. The number of aromatic amines is 1. The fraction of sp³-hybridized carbons (Fsp3) is 0.346. The molecule has 1 unspecified atom stereocenters. The van der Waals surface area contributed by atoms with E-state index in [1.54, 1.807) is 17.3 Å². The van der Waals surface area contributed by atoms with E-state index in [0.29, 0.717) is 18.5 Å². The number of nitrogens with zero attached hydrogens (tertiary/aromatic N) is 2. The SMILES string of the molecule is CN(CC(C)(C)C)C(=O)C1CC(=O)c2c([nH]c(-c3ccncc3)c2Nc2ccccc2)C1. The Morgan fingerprint density at radius 1 is 1.12 bits per heavy atom. The highest BCUT2D eigenvalue weighted by molar-refractivity contribution is 6.09. The van der Waals surface area contributed by atoms with Crippen LogP contribution < -0.4 is 5.32 Å². The van der Waals surface area contributed by atoms with Gasteiger partial charge in [-0.25, -0.2) is 0 Å². The molecule has 3 aromatic rings. The van der Waals surface area contributed by atoms with Gasteiger partial charge in [0, 0.05) is 55.8 Å². The van der Waals surface area contributed by atoms with E-state index in [0.717, 1.165) is 28.3 Å². The first-order valence-electron chi connectivity index (χ1n) is 11.0. The van der Waals surface area contributed by atoms with Crippen molar-refractivity contribution in [3.05, 3.63) is 66.1 Å². The van der Waals surface area contributed by atoms with Gasteiger partial charge in [-0.05, 0) is 29.7 Å². The van der Waals surface area contributed by atoms with Gasteiger partial charge in [0.2, 0.25) is 5.91 Å². The van der Waals surface area contributed by atoms with Crippen LogP contribution in [-0.4, -0.2) is 40.2 Å². The fourth-order valence-corrected chi connectivity index (χ4v) is 4.46. The van der Waals surface area contributed by atoms with Gasteiger partial charge in [-0.1, -0.05) is 39.0 Å². The van der Waals surface area contributed by atoms with Crippen molar-refractivity contribution in [1.29, 1.82) is 0 Å². The fourth-order valence-electron chi connectivity index (χ4n) is 4.46. The summed E-state index contributed by atoms with van der Waals surface area (Å²) in [5.41, 5.74) is 4.91. The predicted octanol–water partition coefficient (Wildman–Crippen LogP) is 5.07. The summed E-state index contributed by atoms with van der Waals surface area (Å²) in [4.78, 5) is 35.8. The van der Waals surface area contributed by atoms with Crippen molar-refractivity contribution in [3.63, 3.8) is 0 Å². The molecule has 0 saturated heterocycles. The van der Waals surface area contributed by atoms with Crippen molar-refractivity contribution < 1.29 is 9.59 Å². The van der Waals surface area contributed by atoms with Gasteiger partial charge < -0.3 is 15.2 Å². The van der Waals surface area contributed by atoms with Crippen LogP contribution in [0, 0.1) is 11.3 Å². The van der Waals surface area contributed by atoms with Crippen LogP contribution in [0.1, 0.15) is 43.2 Å². The molecule has 6 heteroatoms. The summed E-state index contributed by atoms with van der Waals surface area (Å²) in [5.74, 6) is -0.337. The number of hydrogen-bond donors (Lipinski definition) is 2. The number of carbonyl (C=O) groups excluding carboxylic acids is 2. The van der Waals surface area contributed by atoms with Gasteiger partial charge in [-0.3, -0.25) is 14.6 Å².